The first-order valence-corrected chi connectivity index (χ1v) is 7.76. The lowest BCUT2D eigenvalue weighted by Crippen LogP contribution is -2.41. The van der Waals surface area contributed by atoms with Gasteiger partial charge < -0.3 is 4.90 Å². The van der Waals surface area contributed by atoms with Crippen molar-refractivity contribution in [3.05, 3.63) is 33.3 Å². The molecule has 0 N–H and O–H groups in total. The minimum absolute atomic E-state index is 0.213. The van der Waals surface area contributed by atoms with Crippen LogP contribution in [-0.4, -0.2) is 23.9 Å². The van der Waals surface area contributed by atoms with E-state index in [-0.39, 0.29) is 5.91 Å². The van der Waals surface area contributed by atoms with Crippen LogP contribution in [0, 0.1) is 5.41 Å². The maximum Gasteiger partial charge on any atom is 0.226 e. The number of nitrogens with zero attached hydrogens (tertiary/aromatic N) is 1. The van der Waals surface area contributed by atoms with Crippen molar-refractivity contribution in [1.29, 1.82) is 0 Å². The second-order valence-electron chi connectivity index (χ2n) is 5.97. The molecule has 0 unspecified atom stereocenters. The summed E-state index contributed by atoms with van der Waals surface area (Å²) in [6.45, 7) is 6.29. The molecule has 104 valence electrons. The van der Waals surface area contributed by atoms with Gasteiger partial charge in [-0.2, -0.15) is 0 Å². The fourth-order valence-corrected chi connectivity index (χ4v) is 2.84. The number of carbonyl (C=O) groups excluding carboxylic acids is 1. The molecule has 2 nitrogen and oxygen atoms in total. The summed E-state index contributed by atoms with van der Waals surface area (Å²) in [5, 5.41) is 0.677. The molecule has 4 heteroatoms. The highest BCUT2D eigenvalue weighted by molar-refractivity contribution is 9.10. The molecule has 0 atom stereocenters. The van der Waals surface area contributed by atoms with Crippen molar-refractivity contribution >= 4 is 33.4 Å². The van der Waals surface area contributed by atoms with Gasteiger partial charge in [-0.05, 0) is 51.9 Å². The van der Waals surface area contributed by atoms with Gasteiger partial charge in [-0.15, -0.1) is 0 Å². The van der Waals surface area contributed by atoms with Gasteiger partial charge in [0, 0.05) is 17.6 Å². The van der Waals surface area contributed by atoms with Crippen LogP contribution in [0.3, 0.4) is 0 Å². The van der Waals surface area contributed by atoms with Crippen LogP contribution in [0.25, 0.3) is 0 Å². The predicted octanol–water partition coefficient (Wildman–Crippen LogP) is 4.29. The van der Waals surface area contributed by atoms with Crippen LogP contribution >= 0.6 is 27.5 Å². The molecule has 2 rings (SSSR count). The molecule has 1 amide bonds. The standard InChI is InChI=1S/C15H19BrClNO/c1-15(2)5-7-18(8-6-15)14(19)10-11-3-4-13(17)12(16)9-11/h3-4,9H,5-8,10H2,1-2H3. The molecule has 0 bridgehead atoms. The first-order chi connectivity index (χ1) is 8.87. The largest absolute Gasteiger partial charge is 0.342 e. The van der Waals surface area contributed by atoms with Gasteiger partial charge in [0.15, 0.2) is 0 Å². The summed E-state index contributed by atoms with van der Waals surface area (Å²) < 4.78 is 0.847. The number of hydrogen-bond acceptors (Lipinski definition) is 1. The SMILES string of the molecule is CC1(C)CCN(C(=O)Cc2ccc(Cl)c(Br)c2)CC1. The third-order valence-corrected chi connectivity index (χ3v) is 5.02. The van der Waals surface area contributed by atoms with E-state index in [1.54, 1.807) is 0 Å². The number of piperidine rings is 1. The van der Waals surface area contributed by atoms with Gasteiger partial charge in [-0.3, -0.25) is 4.79 Å². The normalized spacial score (nSPS) is 18.4. The Morgan fingerprint density at radius 2 is 2.00 bits per heavy atom. The maximum absolute atomic E-state index is 12.3. The van der Waals surface area contributed by atoms with E-state index in [4.69, 9.17) is 11.6 Å². The first kappa shape index (κ1) is 14.9. The molecule has 1 saturated heterocycles. The zero-order valence-corrected chi connectivity index (χ0v) is 13.7. The summed E-state index contributed by atoms with van der Waals surface area (Å²) in [4.78, 5) is 14.2. The van der Waals surface area contributed by atoms with Crippen LogP contribution in [0.4, 0.5) is 0 Å². The maximum atomic E-state index is 12.3. The minimum Gasteiger partial charge on any atom is -0.342 e. The molecule has 0 aliphatic carbocycles. The monoisotopic (exact) mass is 343 g/mol. The van der Waals surface area contributed by atoms with Crippen molar-refractivity contribution in [3.8, 4) is 0 Å². The number of rotatable bonds is 2. The molecular weight excluding hydrogens is 326 g/mol. The van der Waals surface area contributed by atoms with Gasteiger partial charge in [0.25, 0.3) is 0 Å². The van der Waals surface area contributed by atoms with Gasteiger partial charge in [0.1, 0.15) is 0 Å². The average molecular weight is 345 g/mol. The van der Waals surface area contributed by atoms with Crippen molar-refractivity contribution in [2.75, 3.05) is 13.1 Å². The molecule has 1 aliphatic rings. The Morgan fingerprint density at radius 3 is 2.58 bits per heavy atom. The van der Waals surface area contributed by atoms with Crippen molar-refractivity contribution in [3.63, 3.8) is 0 Å². The molecule has 0 spiro atoms. The number of hydrogen-bond donors (Lipinski definition) is 0. The van der Waals surface area contributed by atoms with Crippen molar-refractivity contribution in [1.82, 2.24) is 4.90 Å². The zero-order valence-electron chi connectivity index (χ0n) is 11.4. The van der Waals surface area contributed by atoms with Crippen molar-refractivity contribution in [2.45, 2.75) is 33.1 Å². The zero-order chi connectivity index (χ0) is 14.0. The number of halogens is 2. The summed E-state index contributed by atoms with van der Waals surface area (Å²) in [7, 11) is 0. The average Bonchev–Trinajstić information content (AvgIpc) is 2.33. The Bertz CT molecular complexity index is 477. The fourth-order valence-electron chi connectivity index (χ4n) is 2.30. The molecule has 1 aromatic carbocycles. The van der Waals surface area contributed by atoms with Crippen LogP contribution in [0.1, 0.15) is 32.3 Å². The highest BCUT2D eigenvalue weighted by atomic mass is 79.9. The van der Waals surface area contributed by atoms with Crippen LogP contribution in [0.2, 0.25) is 5.02 Å². The van der Waals surface area contributed by atoms with Gasteiger partial charge in [-0.25, -0.2) is 0 Å². The molecule has 1 aliphatic heterocycles. The minimum atomic E-state index is 0.213. The fraction of sp³-hybridized carbons (Fsp3) is 0.533. The Balaban J connectivity index is 1.96. The Morgan fingerprint density at radius 1 is 1.37 bits per heavy atom. The Kier molecular flexibility index (Phi) is 4.57. The molecular formula is C15H19BrClNO. The second kappa shape index (κ2) is 5.84. The van der Waals surface area contributed by atoms with E-state index < -0.39 is 0 Å². The number of benzene rings is 1. The van der Waals surface area contributed by atoms with Gasteiger partial charge in [0.2, 0.25) is 5.91 Å². The van der Waals surface area contributed by atoms with E-state index in [9.17, 15) is 4.79 Å². The third-order valence-electron chi connectivity index (χ3n) is 3.81. The van der Waals surface area contributed by atoms with E-state index >= 15 is 0 Å². The lowest BCUT2D eigenvalue weighted by atomic mass is 9.82. The lowest BCUT2D eigenvalue weighted by molar-refractivity contribution is -0.132. The molecule has 0 saturated carbocycles. The molecule has 1 aromatic rings. The molecule has 0 aromatic heterocycles. The molecule has 1 fully saturated rings. The Labute approximate surface area is 128 Å². The number of amides is 1. The van der Waals surface area contributed by atoms with Crippen LogP contribution in [-0.2, 0) is 11.2 Å². The van der Waals surface area contributed by atoms with Crippen LogP contribution in [0.15, 0.2) is 22.7 Å². The summed E-state index contributed by atoms with van der Waals surface area (Å²) in [6, 6.07) is 5.67. The van der Waals surface area contributed by atoms with Crippen molar-refractivity contribution < 1.29 is 4.79 Å². The third kappa shape index (κ3) is 3.96. The van der Waals surface area contributed by atoms with Crippen molar-refractivity contribution in [2.24, 2.45) is 5.41 Å². The van der Waals surface area contributed by atoms with Gasteiger partial charge >= 0.3 is 0 Å². The summed E-state index contributed by atoms with van der Waals surface area (Å²) in [5.41, 5.74) is 1.38. The lowest BCUT2D eigenvalue weighted by Gasteiger charge is -2.37. The van der Waals surface area contributed by atoms with E-state index in [0.717, 1.165) is 36.0 Å². The van der Waals surface area contributed by atoms with E-state index in [2.05, 4.69) is 29.8 Å². The summed E-state index contributed by atoms with van der Waals surface area (Å²) in [5.74, 6) is 0.213. The quantitative estimate of drug-likeness (QED) is 0.783. The number of likely N-dealkylation sites (tertiary alicyclic amines) is 1. The summed E-state index contributed by atoms with van der Waals surface area (Å²) in [6.07, 6.45) is 2.63. The molecule has 19 heavy (non-hydrogen) atoms. The highest BCUT2D eigenvalue weighted by Gasteiger charge is 2.27. The van der Waals surface area contributed by atoms with E-state index in [1.807, 2.05) is 23.1 Å². The van der Waals surface area contributed by atoms with Gasteiger partial charge in [0.05, 0.1) is 11.4 Å². The Hall–Kier alpha value is -0.540. The summed E-state index contributed by atoms with van der Waals surface area (Å²) >= 11 is 9.35. The van der Waals surface area contributed by atoms with E-state index in [0.29, 0.717) is 16.9 Å². The molecule has 1 heterocycles. The van der Waals surface area contributed by atoms with Gasteiger partial charge in [-0.1, -0.05) is 31.5 Å². The smallest absolute Gasteiger partial charge is 0.226 e. The topological polar surface area (TPSA) is 20.3 Å². The first-order valence-electron chi connectivity index (χ1n) is 6.59. The van der Waals surface area contributed by atoms with Crippen LogP contribution in [0.5, 0.6) is 0 Å². The van der Waals surface area contributed by atoms with E-state index in [1.165, 1.54) is 0 Å². The highest BCUT2D eigenvalue weighted by Crippen LogP contribution is 2.30. The predicted molar refractivity (Wildman–Crippen MR) is 82.5 cm³/mol. The number of carbonyl (C=O) groups is 1. The molecule has 0 radical (unpaired) electrons. The second-order valence-corrected chi connectivity index (χ2v) is 7.23. The van der Waals surface area contributed by atoms with Crippen LogP contribution < -0.4 is 0 Å².